The van der Waals surface area contributed by atoms with Crippen LogP contribution < -0.4 is 0 Å². The first kappa shape index (κ1) is 18.2. The van der Waals surface area contributed by atoms with E-state index >= 15 is 0 Å². The maximum absolute atomic E-state index is 13.0. The number of halogens is 12. The van der Waals surface area contributed by atoms with Gasteiger partial charge in [0.15, 0.2) is 0 Å². The molecule has 0 aromatic heterocycles. The molecule has 0 fully saturated rings. The smallest absolute Gasteiger partial charge is 0.234 e. The van der Waals surface area contributed by atoms with Crippen LogP contribution >= 0.6 is 0 Å². The van der Waals surface area contributed by atoms with Gasteiger partial charge in [-0.1, -0.05) is 0 Å². The van der Waals surface area contributed by atoms with Crippen molar-refractivity contribution in [3.8, 4) is 0 Å². The van der Waals surface area contributed by atoms with Gasteiger partial charge in [0.1, 0.15) is 0 Å². The normalized spacial score (nSPS) is 20.1. The lowest BCUT2D eigenvalue weighted by Gasteiger charge is -2.38. The Morgan fingerprint density at radius 1 is 0.632 bits per heavy atom. The first-order valence-electron chi connectivity index (χ1n) is 4.12. The third kappa shape index (κ3) is 2.71. The minimum Gasteiger partial charge on any atom is -0.234 e. The van der Waals surface area contributed by atoms with E-state index in [9.17, 15) is 52.7 Å². The van der Waals surface area contributed by atoms with Crippen LogP contribution in [0.25, 0.3) is 0 Å². The van der Waals surface area contributed by atoms with Crippen molar-refractivity contribution in [2.75, 3.05) is 0 Å². The highest BCUT2D eigenvalue weighted by Crippen LogP contribution is 2.55. The van der Waals surface area contributed by atoms with Gasteiger partial charge >= 0.3 is 24.2 Å². The van der Waals surface area contributed by atoms with Crippen molar-refractivity contribution < 1.29 is 52.7 Å². The lowest BCUT2D eigenvalue weighted by molar-refractivity contribution is -0.391. The molecular weight excluding hydrogens is 312 g/mol. The van der Waals surface area contributed by atoms with E-state index in [1.165, 1.54) is 0 Å². The van der Waals surface area contributed by atoms with E-state index in [2.05, 4.69) is 0 Å². The number of hydrogen-bond donors (Lipinski definition) is 0. The summed E-state index contributed by atoms with van der Waals surface area (Å²) < 4.78 is 145. The van der Waals surface area contributed by atoms with Gasteiger partial charge in [-0.2, -0.15) is 43.9 Å². The molecule has 0 nitrogen and oxygen atoms in total. The molecule has 116 valence electrons. The summed E-state index contributed by atoms with van der Waals surface area (Å²) in [7, 11) is 0. The van der Waals surface area contributed by atoms with Crippen molar-refractivity contribution in [2.45, 2.75) is 43.0 Å². The Hall–Kier alpha value is -0.840. The number of hydrogen-bond acceptors (Lipinski definition) is 0. The summed E-state index contributed by atoms with van der Waals surface area (Å²) in [6.45, 7) is -1.02. The van der Waals surface area contributed by atoms with Gasteiger partial charge in [0.25, 0.3) is 0 Å². The van der Waals surface area contributed by atoms with Crippen LogP contribution in [-0.2, 0) is 0 Å². The topological polar surface area (TPSA) is 0 Å². The predicted octanol–water partition coefficient (Wildman–Crippen LogP) is 4.45. The van der Waals surface area contributed by atoms with Crippen molar-refractivity contribution in [3.63, 3.8) is 0 Å². The molecule has 0 amide bonds. The Morgan fingerprint density at radius 2 is 0.947 bits per heavy atom. The first-order valence-corrected chi connectivity index (χ1v) is 4.12. The molecule has 0 bridgehead atoms. The van der Waals surface area contributed by atoms with Crippen molar-refractivity contribution >= 4 is 0 Å². The minimum absolute atomic E-state index is 1.02. The van der Waals surface area contributed by atoms with E-state index in [4.69, 9.17) is 0 Å². The Kier molecular flexibility index (Phi) is 4.14. The van der Waals surface area contributed by atoms with Gasteiger partial charge in [-0.05, 0) is 6.92 Å². The Balaban J connectivity index is 5.78. The van der Waals surface area contributed by atoms with Crippen LogP contribution in [0.2, 0.25) is 0 Å². The standard InChI is InChI=1S/C7H4F12/c1-3(9,2(8)4(10,11)12)5(13,14)6(15,16)7(17,18)19/h2H,1H3. The van der Waals surface area contributed by atoms with Crippen LogP contribution in [0, 0.1) is 0 Å². The molecule has 0 aliphatic rings. The number of alkyl halides is 12. The van der Waals surface area contributed by atoms with Crippen LogP contribution in [0.5, 0.6) is 0 Å². The van der Waals surface area contributed by atoms with E-state index in [1.54, 1.807) is 0 Å². The van der Waals surface area contributed by atoms with E-state index in [0.717, 1.165) is 0 Å². The van der Waals surface area contributed by atoms with Crippen molar-refractivity contribution in [1.29, 1.82) is 0 Å². The summed E-state index contributed by atoms with van der Waals surface area (Å²) in [6, 6.07) is 0. The summed E-state index contributed by atoms with van der Waals surface area (Å²) in [5.74, 6) is -14.1. The second-order valence-electron chi connectivity index (χ2n) is 3.63. The average Bonchev–Trinajstić information content (AvgIpc) is 2.12. The summed E-state index contributed by atoms with van der Waals surface area (Å²) in [5, 5.41) is 0. The van der Waals surface area contributed by atoms with Gasteiger partial charge in [-0.3, -0.25) is 0 Å². The van der Waals surface area contributed by atoms with Gasteiger partial charge in [0.05, 0.1) is 0 Å². The quantitative estimate of drug-likeness (QED) is 0.675. The molecule has 0 saturated heterocycles. The highest BCUT2D eigenvalue weighted by molar-refractivity contribution is 5.08. The van der Waals surface area contributed by atoms with E-state index in [-0.39, 0.29) is 0 Å². The SMILES string of the molecule is CC(F)(C(F)C(F)(F)F)C(F)(F)C(F)(F)C(F)(F)F. The van der Waals surface area contributed by atoms with Crippen LogP contribution in [0.4, 0.5) is 52.7 Å². The molecule has 0 aromatic carbocycles. The molecule has 19 heavy (non-hydrogen) atoms. The fourth-order valence-corrected chi connectivity index (χ4v) is 0.951. The lowest BCUT2D eigenvalue weighted by atomic mass is 9.89. The van der Waals surface area contributed by atoms with Crippen LogP contribution in [0.1, 0.15) is 6.92 Å². The number of rotatable bonds is 3. The largest absolute Gasteiger partial charge is 0.460 e. The molecule has 0 N–H and O–H groups in total. The van der Waals surface area contributed by atoms with Crippen LogP contribution in [-0.4, -0.2) is 36.0 Å². The van der Waals surface area contributed by atoms with Gasteiger partial charge in [-0.25, -0.2) is 8.78 Å². The van der Waals surface area contributed by atoms with Gasteiger partial charge in [-0.15, -0.1) is 0 Å². The second-order valence-corrected chi connectivity index (χ2v) is 3.63. The monoisotopic (exact) mass is 316 g/mol. The molecule has 0 aliphatic heterocycles. The van der Waals surface area contributed by atoms with Crippen LogP contribution in [0.15, 0.2) is 0 Å². The Morgan fingerprint density at radius 3 is 1.16 bits per heavy atom. The third-order valence-corrected chi connectivity index (χ3v) is 2.13. The molecular formula is C7H4F12. The predicted molar refractivity (Wildman–Crippen MR) is 36.4 cm³/mol. The zero-order valence-electron chi connectivity index (χ0n) is 8.61. The molecule has 0 aliphatic carbocycles. The maximum Gasteiger partial charge on any atom is 0.460 e. The summed E-state index contributed by atoms with van der Waals surface area (Å²) in [4.78, 5) is 0. The van der Waals surface area contributed by atoms with Gasteiger partial charge < -0.3 is 0 Å². The van der Waals surface area contributed by atoms with E-state index in [0.29, 0.717) is 0 Å². The fraction of sp³-hybridized carbons (Fsp3) is 1.00. The molecule has 0 rings (SSSR count). The van der Waals surface area contributed by atoms with Crippen molar-refractivity contribution in [1.82, 2.24) is 0 Å². The summed E-state index contributed by atoms with van der Waals surface area (Å²) in [6.07, 6.45) is -18.7. The molecule has 0 aromatic rings. The molecule has 0 heterocycles. The maximum atomic E-state index is 13.0. The molecule has 0 spiro atoms. The average molecular weight is 316 g/mol. The first-order chi connectivity index (χ1) is 7.90. The second kappa shape index (κ2) is 4.33. The third-order valence-electron chi connectivity index (χ3n) is 2.13. The van der Waals surface area contributed by atoms with Crippen molar-refractivity contribution in [3.05, 3.63) is 0 Å². The van der Waals surface area contributed by atoms with Crippen molar-refractivity contribution in [2.24, 2.45) is 0 Å². The minimum atomic E-state index is -7.18. The Labute approximate surface area is 96.9 Å². The van der Waals surface area contributed by atoms with Gasteiger partial charge in [0.2, 0.25) is 11.8 Å². The van der Waals surface area contributed by atoms with Gasteiger partial charge in [0, 0.05) is 0 Å². The highest BCUT2D eigenvalue weighted by atomic mass is 19.4. The zero-order chi connectivity index (χ0) is 16.1. The molecule has 12 heteroatoms. The molecule has 2 atom stereocenters. The summed E-state index contributed by atoms with van der Waals surface area (Å²) in [5.41, 5.74) is -5.82. The van der Waals surface area contributed by atoms with E-state index < -0.39 is 43.0 Å². The fourth-order valence-electron chi connectivity index (χ4n) is 0.951. The highest BCUT2D eigenvalue weighted by Gasteiger charge is 2.82. The zero-order valence-corrected chi connectivity index (χ0v) is 8.61. The molecule has 0 saturated carbocycles. The molecule has 2 unspecified atom stereocenters. The molecule has 0 radical (unpaired) electrons. The lowest BCUT2D eigenvalue weighted by Crippen LogP contribution is -2.66. The Bertz CT molecular complexity index is 320. The van der Waals surface area contributed by atoms with Crippen LogP contribution in [0.3, 0.4) is 0 Å². The van der Waals surface area contributed by atoms with E-state index in [1.807, 2.05) is 0 Å². The summed E-state index contributed by atoms with van der Waals surface area (Å²) >= 11 is 0.